The van der Waals surface area contributed by atoms with Gasteiger partial charge in [0.15, 0.2) is 13.6 Å². The lowest BCUT2D eigenvalue weighted by molar-refractivity contribution is -0.565. The maximum atomic E-state index is 4.18. The minimum absolute atomic E-state index is 1.07. The van der Waals surface area contributed by atoms with E-state index in [1.54, 1.807) is 0 Å². The Morgan fingerprint density at radius 2 is 2.50 bits per heavy atom. The van der Waals surface area contributed by atoms with Gasteiger partial charge in [0.2, 0.25) is 0 Å². The second-order valence-electron chi connectivity index (χ2n) is 2.12. The smallest absolute Gasteiger partial charge is 0.125 e. The van der Waals surface area contributed by atoms with Crippen LogP contribution in [-0.4, -0.2) is 18.3 Å². The highest BCUT2D eigenvalue weighted by Gasteiger charge is 2.02. The van der Waals surface area contributed by atoms with Crippen LogP contribution in [-0.2, 0) is 0 Å². The van der Waals surface area contributed by atoms with Gasteiger partial charge in [0.1, 0.15) is 5.70 Å². The van der Waals surface area contributed by atoms with E-state index in [-0.39, 0.29) is 0 Å². The molecule has 44 valence electrons. The van der Waals surface area contributed by atoms with Gasteiger partial charge in [-0.3, -0.25) is 0 Å². The van der Waals surface area contributed by atoms with Crippen molar-refractivity contribution in [3.05, 3.63) is 11.8 Å². The molecule has 0 aliphatic carbocycles. The molecule has 0 saturated carbocycles. The molecule has 2 heteroatoms. The van der Waals surface area contributed by atoms with Crippen molar-refractivity contribution in [3.63, 3.8) is 0 Å². The van der Waals surface area contributed by atoms with Crippen molar-refractivity contribution < 1.29 is 4.70 Å². The first-order chi connectivity index (χ1) is 3.79. The molecule has 0 atom stereocenters. The molecular weight excluding hydrogens is 100 g/mol. The lowest BCUT2D eigenvalue weighted by Gasteiger charge is -1.97. The number of nitrogens with zero attached hydrogens (tertiary/aromatic N) is 2. The molecule has 0 fully saturated rings. The van der Waals surface area contributed by atoms with E-state index in [1.165, 1.54) is 0 Å². The van der Waals surface area contributed by atoms with Gasteiger partial charge in [0.05, 0.1) is 0 Å². The zero-order valence-corrected chi connectivity index (χ0v) is 5.39. The molecule has 1 aliphatic heterocycles. The Morgan fingerprint density at radius 1 is 1.75 bits per heavy atom. The topological polar surface area (TPSA) is 15.4 Å². The fraction of sp³-hybridized carbons (Fsp3) is 0.667. The van der Waals surface area contributed by atoms with Crippen LogP contribution in [0.3, 0.4) is 0 Å². The lowest BCUT2D eigenvalue weighted by atomic mass is 10.3. The van der Waals surface area contributed by atoms with Crippen molar-refractivity contribution in [2.45, 2.75) is 13.3 Å². The highest BCUT2D eigenvalue weighted by Crippen LogP contribution is 2.02. The zero-order valence-electron chi connectivity index (χ0n) is 5.39. The van der Waals surface area contributed by atoms with Crippen LogP contribution in [0.15, 0.2) is 16.9 Å². The molecule has 0 unspecified atom stereocenters. The first-order valence-corrected chi connectivity index (χ1v) is 2.88. The van der Waals surface area contributed by atoms with Crippen LogP contribution in [0.1, 0.15) is 13.3 Å². The molecule has 1 rings (SSSR count). The zero-order chi connectivity index (χ0) is 5.98. The van der Waals surface area contributed by atoms with Gasteiger partial charge in [-0.25, -0.2) is 0 Å². The second-order valence-corrected chi connectivity index (χ2v) is 2.12. The minimum Gasteiger partial charge on any atom is -0.125 e. The number of hydrogen-bond acceptors (Lipinski definition) is 1. The van der Waals surface area contributed by atoms with E-state index in [4.69, 9.17) is 0 Å². The Labute approximate surface area is 49.5 Å². The molecule has 0 aromatic rings. The average molecular weight is 111 g/mol. The number of azo groups is 2. The summed E-state index contributed by atoms with van der Waals surface area (Å²) in [5.74, 6) is 0. The third kappa shape index (κ3) is 1.15. The Bertz CT molecular complexity index is 145. The molecule has 0 aromatic carbocycles. The molecule has 0 spiro atoms. The molecule has 0 saturated heterocycles. The van der Waals surface area contributed by atoms with Gasteiger partial charge in [0, 0.05) is 6.42 Å². The van der Waals surface area contributed by atoms with Crippen molar-refractivity contribution in [2.24, 2.45) is 5.11 Å². The summed E-state index contributed by atoms with van der Waals surface area (Å²) in [6.07, 6.45) is 3.30. The largest absolute Gasteiger partial charge is 0.171 e. The predicted octanol–water partition coefficient (Wildman–Crippen LogP) is 1.39. The SMILES string of the molecule is CC1=CCC[N+](C)=N1. The fourth-order valence-corrected chi connectivity index (χ4v) is 0.820. The van der Waals surface area contributed by atoms with Crippen LogP contribution < -0.4 is 0 Å². The van der Waals surface area contributed by atoms with E-state index in [0.29, 0.717) is 0 Å². The van der Waals surface area contributed by atoms with Crippen molar-refractivity contribution >= 4 is 0 Å². The third-order valence-electron chi connectivity index (χ3n) is 1.22. The predicted molar refractivity (Wildman–Crippen MR) is 31.9 cm³/mol. The summed E-state index contributed by atoms with van der Waals surface area (Å²) in [4.78, 5) is 0. The first kappa shape index (κ1) is 5.48. The molecule has 1 heterocycles. The summed E-state index contributed by atoms with van der Waals surface area (Å²) in [5.41, 5.74) is 1.14. The number of allylic oxidation sites excluding steroid dienone is 1. The molecule has 2 nitrogen and oxygen atoms in total. The normalized spacial score (nSPS) is 19.8. The van der Waals surface area contributed by atoms with Gasteiger partial charge in [-0.1, -0.05) is 6.08 Å². The van der Waals surface area contributed by atoms with E-state index >= 15 is 0 Å². The van der Waals surface area contributed by atoms with E-state index < -0.39 is 0 Å². The number of hydrogen-bond donors (Lipinski definition) is 0. The Balaban J connectivity index is 2.69. The van der Waals surface area contributed by atoms with Gasteiger partial charge in [-0.15, -0.1) is 4.70 Å². The van der Waals surface area contributed by atoms with Crippen molar-refractivity contribution in [3.8, 4) is 0 Å². The monoisotopic (exact) mass is 111 g/mol. The lowest BCUT2D eigenvalue weighted by Crippen LogP contribution is -2.07. The van der Waals surface area contributed by atoms with Gasteiger partial charge < -0.3 is 0 Å². The Kier molecular flexibility index (Phi) is 1.42. The van der Waals surface area contributed by atoms with Crippen LogP contribution in [0.4, 0.5) is 0 Å². The van der Waals surface area contributed by atoms with Crippen LogP contribution in [0.25, 0.3) is 0 Å². The summed E-state index contributed by atoms with van der Waals surface area (Å²) in [6, 6.07) is 0. The molecule has 0 amide bonds. The third-order valence-corrected chi connectivity index (χ3v) is 1.22. The maximum Gasteiger partial charge on any atom is 0.171 e. The molecule has 8 heavy (non-hydrogen) atoms. The van der Waals surface area contributed by atoms with Crippen LogP contribution in [0.5, 0.6) is 0 Å². The highest BCUT2D eigenvalue weighted by atomic mass is 15.2. The Hall–Kier alpha value is -0.660. The minimum atomic E-state index is 1.07. The molecule has 0 radical (unpaired) electrons. The van der Waals surface area contributed by atoms with Crippen LogP contribution in [0.2, 0.25) is 0 Å². The standard InChI is InChI=1S/C6H11N2/c1-6-4-3-5-8(2)7-6/h4H,3,5H2,1-2H3/q+1. The van der Waals surface area contributed by atoms with Gasteiger partial charge >= 0.3 is 0 Å². The molecule has 0 N–H and O–H groups in total. The fourth-order valence-electron chi connectivity index (χ4n) is 0.820. The molecular formula is C6H11N2+. The van der Waals surface area contributed by atoms with Crippen molar-refractivity contribution in [2.75, 3.05) is 13.6 Å². The van der Waals surface area contributed by atoms with Crippen molar-refractivity contribution in [1.29, 1.82) is 0 Å². The molecule has 1 aliphatic rings. The highest BCUT2D eigenvalue weighted by molar-refractivity contribution is 4.94. The second kappa shape index (κ2) is 2.07. The Morgan fingerprint density at radius 3 is 2.88 bits per heavy atom. The first-order valence-electron chi connectivity index (χ1n) is 2.88. The van der Waals surface area contributed by atoms with Crippen molar-refractivity contribution in [1.82, 2.24) is 0 Å². The van der Waals surface area contributed by atoms with Gasteiger partial charge in [0.25, 0.3) is 0 Å². The summed E-state index contributed by atoms with van der Waals surface area (Å²) < 4.78 is 1.97. The van der Waals surface area contributed by atoms with Crippen LogP contribution >= 0.6 is 0 Å². The van der Waals surface area contributed by atoms with Gasteiger partial charge in [-0.05, 0) is 12.0 Å². The van der Waals surface area contributed by atoms with E-state index in [9.17, 15) is 0 Å². The number of rotatable bonds is 0. The van der Waals surface area contributed by atoms with Gasteiger partial charge in [-0.2, -0.15) is 0 Å². The average Bonchev–Trinajstić information content (AvgIpc) is 1.64. The van der Waals surface area contributed by atoms with Crippen LogP contribution in [0, 0.1) is 0 Å². The van der Waals surface area contributed by atoms with E-state index in [0.717, 1.165) is 18.7 Å². The summed E-state index contributed by atoms with van der Waals surface area (Å²) in [7, 11) is 2.00. The van der Waals surface area contributed by atoms with E-state index in [2.05, 4.69) is 11.2 Å². The maximum absolute atomic E-state index is 4.18. The summed E-state index contributed by atoms with van der Waals surface area (Å²) in [6.45, 7) is 3.09. The van der Waals surface area contributed by atoms with E-state index in [1.807, 2.05) is 18.7 Å². The summed E-state index contributed by atoms with van der Waals surface area (Å²) >= 11 is 0. The molecule has 0 aromatic heterocycles. The summed E-state index contributed by atoms with van der Waals surface area (Å²) in [5, 5.41) is 4.18. The molecule has 0 bridgehead atoms. The quantitative estimate of drug-likeness (QED) is 0.420.